The maximum absolute atomic E-state index is 14.3. The maximum Gasteiger partial charge on any atom is 0.200 e. The third-order valence-corrected chi connectivity index (χ3v) is 4.23. The number of hydrogen-bond donors (Lipinski definition) is 1. The number of rotatable bonds is 4. The second-order valence-electron chi connectivity index (χ2n) is 5.92. The molecule has 0 atom stereocenters. The molecule has 0 bridgehead atoms. The Bertz CT molecular complexity index is 1170. The van der Waals surface area contributed by atoms with Gasteiger partial charge in [0.25, 0.3) is 0 Å². The Kier molecular flexibility index (Phi) is 4.52. The maximum atomic E-state index is 14.3. The summed E-state index contributed by atoms with van der Waals surface area (Å²) in [7, 11) is 3.19. The van der Waals surface area contributed by atoms with Gasteiger partial charge in [-0.25, -0.2) is 28.7 Å². The molecule has 1 N–H and O–H groups in total. The largest absolute Gasteiger partial charge is 0.494 e. The molecule has 6 nitrogen and oxygen atoms in total. The Balaban J connectivity index is 1.99. The minimum atomic E-state index is -0.538. The van der Waals surface area contributed by atoms with Gasteiger partial charge in [-0.1, -0.05) is 0 Å². The van der Waals surface area contributed by atoms with Gasteiger partial charge in [0.2, 0.25) is 0 Å². The highest BCUT2D eigenvalue weighted by Gasteiger charge is 2.17. The van der Waals surface area contributed by atoms with E-state index in [0.29, 0.717) is 39.7 Å². The monoisotopic (exact) mass is 379 g/mol. The molecule has 28 heavy (non-hydrogen) atoms. The van der Waals surface area contributed by atoms with Gasteiger partial charge in [0.1, 0.15) is 28.7 Å². The van der Waals surface area contributed by atoms with E-state index >= 15 is 0 Å². The molecule has 8 heteroatoms. The molecule has 2 aromatic heterocycles. The molecular weight excluding hydrogens is 364 g/mol. The van der Waals surface area contributed by atoms with Crippen LogP contribution in [0.3, 0.4) is 0 Å². The van der Waals surface area contributed by atoms with Crippen molar-refractivity contribution in [3.63, 3.8) is 0 Å². The van der Waals surface area contributed by atoms with Crippen molar-refractivity contribution in [2.45, 2.75) is 0 Å². The number of fused-ring (bicyclic) bond motifs is 1. The highest BCUT2D eigenvalue weighted by molar-refractivity contribution is 5.97. The molecule has 4 aromatic rings. The van der Waals surface area contributed by atoms with Crippen LogP contribution in [0.4, 0.5) is 14.6 Å². The average Bonchev–Trinajstić information content (AvgIpc) is 2.74. The van der Waals surface area contributed by atoms with Crippen LogP contribution in [0, 0.1) is 11.6 Å². The van der Waals surface area contributed by atoms with Crippen molar-refractivity contribution in [1.29, 1.82) is 0 Å². The molecule has 0 amide bonds. The number of hydrogen-bond acceptors (Lipinski definition) is 6. The molecule has 0 aliphatic heterocycles. The van der Waals surface area contributed by atoms with Gasteiger partial charge in [-0.15, -0.1) is 0 Å². The number of benzene rings is 2. The van der Waals surface area contributed by atoms with Crippen LogP contribution in [0.1, 0.15) is 0 Å². The van der Waals surface area contributed by atoms with E-state index in [0.717, 1.165) is 18.2 Å². The fraction of sp³-hybridized carbons (Fsp3) is 0.100. The van der Waals surface area contributed by atoms with Crippen molar-refractivity contribution in [2.24, 2.45) is 0 Å². The van der Waals surface area contributed by atoms with Crippen LogP contribution in [0.5, 0.6) is 5.75 Å². The van der Waals surface area contributed by atoms with Crippen LogP contribution >= 0.6 is 0 Å². The lowest BCUT2D eigenvalue weighted by Crippen LogP contribution is -2.02. The summed E-state index contributed by atoms with van der Waals surface area (Å²) < 4.78 is 33.4. The van der Waals surface area contributed by atoms with E-state index in [1.54, 1.807) is 37.6 Å². The van der Waals surface area contributed by atoms with Gasteiger partial charge >= 0.3 is 0 Å². The van der Waals surface area contributed by atoms with E-state index in [9.17, 15) is 8.78 Å². The molecular formula is C20H15F2N5O. The van der Waals surface area contributed by atoms with Gasteiger partial charge in [-0.2, -0.15) is 0 Å². The average molecular weight is 379 g/mol. The van der Waals surface area contributed by atoms with Gasteiger partial charge in [-0.3, -0.25) is 0 Å². The van der Waals surface area contributed by atoms with E-state index in [2.05, 4.69) is 25.3 Å². The summed E-state index contributed by atoms with van der Waals surface area (Å²) in [5, 5.41) is 3.60. The smallest absolute Gasteiger partial charge is 0.200 e. The van der Waals surface area contributed by atoms with Crippen LogP contribution in [-0.2, 0) is 0 Å². The molecule has 2 aromatic carbocycles. The lowest BCUT2D eigenvalue weighted by molar-refractivity contribution is 0.419. The van der Waals surface area contributed by atoms with Crippen LogP contribution in [0.2, 0.25) is 0 Å². The second-order valence-corrected chi connectivity index (χ2v) is 5.92. The SMILES string of the molecule is CNc1nc(-c2ncccn2)nc2c(OC)cc(-c3cc(F)ccc3F)cc12. The Morgan fingerprint density at radius 3 is 2.46 bits per heavy atom. The number of ether oxygens (including phenoxy) is 1. The Morgan fingerprint density at radius 1 is 0.964 bits per heavy atom. The number of methoxy groups -OCH3 is 1. The first-order valence-corrected chi connectivity index (χ1v) is 8.41. The highest BCUT2D eigenvalue weighted by Crippen LogP contribution is 2.36. The molecule has 2 heterocycles. The van der Waals surface area contributed by atoms with Crippen LogP contribution in [0.15, 0.2) is 48.8 Å². The zero-order valence-electron chi connectivity index (χ0n) is 15.1. The molecule has 140 valence electrons. The minimum Gasteiger partial charge on any atom is -0.494 e. The Hall–Kier alpha value is -3.68. The summed E-state index contributed by atoms with van der Waals surface area (Å²) in [6.07, 6.45) is 3.20. The third kappa shape index (κ3) is 3.09. The first kappa shape index (κ1) is 17.7. The summed E-state index contributed by atoms with van der Waals surface area (Å²) in [5.74, 6) is 0.501. The van der Waals surface area contributed by atoms with Crippen LogP contribution in [-0.4, -0.2) is 34.1 Å². The molecule has 0 saturated heterocycles. The predicted octanol–water partition coefficient (Wildman–Crippen LogP) is 4.08. The zero-order valence-corrected chi connectivity index (χ0v) is 15.1. The first-order valence-electron chi connectivity index (χ1n) is 8.41. The second kappa shape index (κ2) is 7.15. The molecule has 0 saturated carbocycles. The minimum absolute atomic E-state index is 0.123. The number of halogens is 2. The van der Waals surface area contributed by atoms with E-state index in [1.165, 1.54) is 7.11 Å². The van der Waals surface area contributed by atoms with Crippen molar-refractivity contribution in [2.75, 3.05) is 19.5 Å². The molecule has 0 spiro atoms. The van der Waals surface area contributed by atoms with E-state index in [1.807, 2.05) is 0 Å². The molecule has 0 aliphatic rings. The van der Waals surface area contributed by atoms with E-state index in [-0.39, 0.29) is 5.56 Å². The molecule has 0 fully saturated rings. The normalized spacial score (nSPS) is 10.9. The number of nitrogens with zero attached hydrogens (tertiary/aromatic N) is 4. The van der Waals surface area contributed by atoms with Crippen molar-refractivity contribution < 1.29 is 13.5 Å². The van der Waals surface area contributed by atoms with Crippen molar-refractivity contribution in [3.8, 4) is 28.5 Å². The highest BCUT2D eigenvalue weighted by atomic mass is 19.1. The van der Waals surface area contributed by atoms with Crippen molar-refractivity contribution in [3.05, 3.63) is 60.4 Å². The van der Waals surface area contributed by atoms with Gasteiger partial charge in [0.05, 0.1) is 7.11 Å². The summed E-state index contributed by atoms with van der Waals surface area (Å²) in [4.78, 5) is 17.4. The fourth-order valence-corrected chi connectivity index (χ4v) is 2.94. The lowest BCUT2D eigenvalue weighted by Gasteiger charge is -2.13. The van der Waals surface area contributed by atoms with Crippen LogP contribution < -0.4 is 10.1 Å². The molecule has 0 aliphatic carbocycles. The summed E-state index contributed by atoms with van der Waals surface area (Å²) >= 11 is 0. The van der Waals surface area contributed by atoms with Gasteiger partial charge in [-0.05, 0) is 42.0 Å². The number of aromatic nitrogens is 4. The Morgan fingerprint density at radius 2 is 1.75 bits per heavy atom. The summed E-state index contributed by atoms with van der Waals surface area (Å²) in [6, 6.07) is 8.31. The topological polar surface area (TPSA) is 72.8 Å². The molecule has 0 radical (unpaired) electrons. The number of nitrogens with one attached hydrogen (secondary N) is 1. The Labute approximate surface area is 159 Å². The third-order valence-electron chi connectivity index (χ3n) is 4.23. The summed E-state index contributed by atoms with van der Waals surface area (Å²) in [5.41, 5.74) is 1.08. The predicted molar refractivity (Wildman–Crippen MR) is 102 cm³/mol. The van der Waals surface area contributed by atoms with E-state index in [4.69, 9.17) is 4.74 Å². The number of anilines is 1. The van der Waals surface area contributed by atoms with Gasteiger partial charge in [0.15, 0.2) is 11.6 Å². The lowest BCUT2D eigenvalue weighted by atomic mass is 10.0. The van der Waals surface area contributed by atoms with E-state index < -0.39 is 11.6 Å². The quantitative estimate of drug-likeness (QED) is 0.576. The molecule has 4 rings (SSSR count). The van der Waals surface area contributed by atoms with Crippen molar-refractivity contribution >= 4 is 16.7 Å². The van der Waals surface area contributed by atoms with Gasteiger partial charge in [0, 0.05) is 30.4 Å². The zero-order chi connectivity index (χ0) is 19.7. The fourth-order valence-electron chi connectivity index (χ4n) is 2.94. The van der Waals surface area contributed by atoms with Crippen molar-refractivity contribution in [1.82, 2.24) is 19.9 Å². The standard InChI is InChI=1S/C20H15F2N5O/c1-23-18-14-8-11(13-10-12(21)4-5-15(13)22)9-16(28-2)17(14)26-20(27-18)19-24-6-3-7-25-19/h3-10H,1-2H3,(H,23,26,27). The summed E-state index contributed by atoms with van der Waals surface area (Å²) in [6.45, 7) is 0. The first-order chi connectivity index (χ1) is 13.6. The molecule has 0 unspecified atom stereocenters. The van der Waals surface area contributed by atoms with Crippen LogP contribution in [0.25, 0.3) is 33.7 Å². The van der Waals surface area contributed by atoms with Gasteiger partial charge < -0.3 is 10.1 Å².